The molecule has 0 amide bonds. The number of nitriles is 1. The van der Waals surface area contributed by atoms with Crippen LogP contribution in [0.25, 0.3) is 67.5 Å². The molecule has 1 aromatic heterocycles. The van der Waals surface area contributed by atoms with Crippen molar-refractivity contribution in [1.29, 1.82) is 5.26 Å². The van der Waals surface area contributed by atoms with Crippen molar-refractivity contribution >= 4 is 0 Å². The molecule has 4 nitrogen and oxygen atoms in total. The third-order valence-electron chi connectivity index (χ3n) is 13.2. The average Bonchev–Trinajstić information content (AvgIpc) is 3.53. The van der Waals surface area contributed by atoms with Crippen LogP contribution in [-0.4, -0.2) is 15.0 Å². The zero-order valence-electron chi connectivity index (χ0n) is 30.0. The van der Waals surface area contributed by atoms with Gasteiger partial charge in [-0.05, 0) is 118 Å². The molecule has 0 atom stereocenters. The van der Waals surface area contributed by atoms with Crippen LogP contribution in [-0.2, 0) is 5.41 Å². The minimum atomic E-state index is -0.0613. The fourth-order valence-corrected chi connectivity index (χ4v) is 11.2. The lowest BCUT2D eigenvalue weighted by Gasteiger charge is -2.61. The Kier molecular flexibility index (Phi) is 7.07. The van der Waals surface area contributed by atoms with Crippen LogP contribution in [0.2, 0.25) is 0 Å². The maximum atomic E-state index is 10.3. The van der Waals surface area contributed by atoms with Gasteiger partial charge in [0.15, 0.2) is 17.5 Å². The SMILES string of the molecule is N#Cc1ccccc1-c1cccc2c1C1(c3cc(-c4cccc(-c5nc(-c6ccccc6)nc(-c6ccccc6)n5)c4)ccc3-2)C2CC3CC(C2)CC1C3. The zero-order chi connectivity index (χ0) is 35.8. The molecule has 54 heavy (non-hydrogen) atoms. The van der Waals surface area contributed by atoms with E-state index in [9.17, 15) is 5.26 Å². The second kappa shape index (κ2) is 12.2. The van der Waals surface area contributed by atoms with E-state index in [1.54, 1.807) is 0 Å². The van der Waals surface area contributed by atoms with Gasteiger partial charge in [-0.15, -0.1) is 0 Å². The number of nitrogens with zero attached hydrogens (tertiary/aromatic N) is 4. The van der Waals surface area contributed by atoms with E-state index in [4.69, 9.17) is 15.0 Å². The Balaban J connectivity index is 1.07. The van der Waals surface area contributed by atoms with E-state index in [1.165, 1.54) is 65.5 Å². The molecule has 0 N–H and O–H groups in total. The Hall–Kier alpha value is -6.18. The fraction of sp³-hybridized carbons (Fsp3) is 0.200. The molecule has 0 unspecified atom stereocenters. The topological polar surface area (TPSA) is 62.5 Å². The Morgan fingerprint density at radius 3 is 1.59 bits per heavy atom. The van der Waals surface area contributed by atoms with Crippen molar-refractivity contribution in [1.82, 2.24) is 15.0 Å². The van der Waals surface area contributed by atoms with Crippen molar-refractivity contribution in [2.24, 2.45) is 23.7 Å². The molecule has 4 bridgehead atoms. The van der Waals surface area contributed by atoms with Crippen LogP contribution in [0.15, 0.2) is 146 Å². The predicted octanol–water partition coefficient (Wildman–Crippen LogP) is 11.8. The number of rotatable bonds is 5. The lowest BCUT2D eigenvalue weighted by molar-refractivity contribution is -0.0397. The van der Waals surface area contributed by atoms with E-state index in [0.717, 1.165) is 45.2 Å². The number of hydrogen-bond acceptors (Lipinski definition) is 4. The minimum absolute atomic E-state index is 0.0613. The number of hydrogen-bond donors (Lipinski definition) is 0. The maximum absolute atomic E-state index is 10.3. The lowest BCUT2D eigenvalue weighted by Crippen LogP contribution is -2.55. The second-order valence-electron chi connectivity index (χ2n) is 15.9. The maximum Gasteiger partial charge on any atom is 0.164 e. The number of benzene rings is 6. The van der Waals surface area contributed by atoms with Crippen LogP contribution in [0.4, 0.5) is 0 Å². The summed E-state index contributed by atoms with van der Waals surface area (Å²) < 4.78 is 0. The molecule has 5 aliphatic rings. The Morgan fingerprint density at radius 2 is 0.944 bits per heavy atom. The summed E-state index contributed by atoms with van der Waals surface area (Å²) in [6.45, 7) is 0. The van der Waals surface area contributed by atoms with Crippen molar-refractivity contribution < 1.29 is 0 Å². The molecule has 0 aliphatic heterocycles. The normalized spacial score (nSPS) is 22.9. The van der Waals surface area contributed by atoms with Crippen molar-refractivity contribution in [3.8, 4) is 73.6 Å². The van der Waals surface area contributed by atoms with Gasteiger partial charge in [0, 0.05) is 22.1 Å². The van der Waals surface area contributed by atoms with Crippen molar-refractivity contribution in [3.05, 3.63) is 162 Å². The molecule has 7 aromatic rings. The summed E-state index contributed by atoms with van der Waals surface area (Å²) in [6, 6.07) is 53.9. The van der Waals surface area contributed by atoms with Gasteiger partial charge in [0.2, 0.25) is 0 Å². The second-order valence-corrected chi connectivity index (χ2v) is 15.9. The number of fused-ring (bicyclic) bond motifs is 3. The summed E-state index contributed by atoms with van der Waals surface area (Å²) in [5, 5.41) is 10.3. The average molecular weight is 695 g/mol. The van der Waals surface area contributed by atoms with Crippen molar-refractivity contribution in [3.63, 3.8) is 0 Å². The third kappa shape index (κ3) is 4.71. The van der Waals surface area contributed by atoms with Gasteiger partial charge in [0.05, 0.1) is 11.6 Å². The molecular weight excluding hydrogens is 657 g/mol. The first kappa shape index (κ1) is 31.4. The highest BCUT2D eigenvalue weighted by molar-refractivity contribution is 5.92. The molecule has 5 aliphatic carbocycles. The molecule has 0 saturated heterocycles. The van der Waals surface area contributed by atoms with E-state index in [1.807, 2.05) is 48.5 Å². The molecular formula is C50H38N4. The quantitative estimate of drug-likeness (QED) is 0.180. The molecule has 12 rings (SSSR count). The van der Waals surface area contributed by atoms with Gasteiger partial charge in [0.25, 0.3) is 0 Å². The molecule has 258 valence electrons. The molecule has 0 radical (unpaired) electrons. The van der Waals surface area contributed by atoms with Crippen LogP contribution >= 0.6 is 0 Å². The molecule has 4 heteroatoms. The zero-order valence-corrected chi connectivity index (χ0v) is 30.0. The van der Waals surface area contributed by atoms with Crippen LogP contribution in [0.1, 0.15) is 48.8 Å². The summed E-state index contributed by atoms with van der Waals surface area (Å²) in [5.41, 5.74) is 14.0. The van der Waals surface area contributed by atoms with Gasteiger partial charge in [-0.3, -0.25) is 0 Å². The molecule has 6 aromatic carbocycles. The molecule has 1 heterocycles. The van der Waals surface area contributed by atoms with Gasteiger partial charge >= 0.3 is 0 Å². The van der Waals surface area contributed by atoms with E-state index < -0.39 is 0 Å². The van der Waals surface area contributed by atoms with E-state index in [-0.39, 0.29) is 5.41 Å². The fourth-order valence-electron chi connectivity index (χ4n) is 11.2. The monoisotopic (exact) mass is 694 g/mol. The summed E-state index contributed by atoms with van der Waals surface area (Å²) in [4.78, 5) is 15.0. The van der Waals surface area contributed by atoms with Crippen molar-refractivity contribution in [2.75, 3.05) is 0 Å². The van der Waals surface area contributed by atoms with Gasteiger partial charge < -0.3 is 0 Å². The van der Waals surface area contributed by atoms with Crippen LogP contribution in [0, 0.1) is 35.0 Å². The molecule has 1 spiro atoms. The Labute approximate surface area is 316 Å². The van der Waals surface area contributed by atoms with E-state index in [0.29, 0.717) is 29.3 Å². The largest absolute Gasteiger partial charge is 0.208 e. The highest BCUT2D eigenvalue weighted by atomic mass is 15.0. The first-order valence-electron chi connectivity index (χ1n) is 19.4. The van der Waals surface area contributed by atoms with Crippen LogP contribution < -0.4 is 0 Å². The first-order valence-corrected chi connectivity index (χ1v) is 19.4. The van der Waals surface area contributed by atoms with Crippen LogP contribution in [0.5, 0.6) is 0 Å². The van der Waals surface area contributed by atoms with Crippen LogP contribution in [0.3, 0.4) is 0 Å². The van der Waals surface area contributed by atoms with Gasteiger partial charge in [-0.1, -0.05) is 127 Å². The standard InChI is InChI=1S/C50H38N4/c51-30-38-15-7-8-18-41(38)43-19-10-20-44-42-22-21-36(29-45(42)50(46(43)44)39-24-31-23-32(26-39)27-40(50)25-31)35-16-9-17-37(28-35)49-53-47(33-11-3-1-4-12-33)52-48(54-49)34-13-5-2-6-14-34/h1-22,28-29,31-32,39-40H,23-27H2. The first-order chi connectivity index (χ1) is 26.7. The van der Waals surface area contributed by atoms with Gasteiger partial charge in [0.1, 0.15) is 0 Å². The highest BCUT2D eigenvalue weighted by Crippen LogP contribution is 2.70. The van der Waals surface area contributed by atoms with E-state index >= 15 is 0 Å². The van der Waals surface area contributed by atoms with Crippen molar-refractivity contribution in [2.45, 2.75) is 37.5 Å². The molecule has 4 saturated carbocycles. The minimum Gasteiger partial charge on any atom is -0.208 e. The van der Waals surface area contributed by atoms with Gasteiger partial charge in [-0.2, -0.15) is 5.26 Å². The summed E-state index contributed by atoms with van der Waals surface area (Å²) >= 11 is 0. The molecule has 4 fully saturated rings. The smallest absolute Gasteiger partial charge is 0.164 e. The summed E-state index contributed by atoms with van der Waals surface area (Å²) in [6.07, 6.45) is 6.60. The predicted molar refractivity (Wildman–Crippen MR) is 215 cm³/mol. The summed E-state index contributed by atoms with van der Waals surface area (Å²) in [5.74, 6) is 4.87. The number of aromatic nitrogens is 3. The Morgan fingerprint density at radius 1 is 0.444 bits per heavy atom. The van der Waals surface area contributed by atoms with E-state index in [2.05, 4.69) is 103 Å². The highest BCUT2D eigenvalue weighted by Gasteiger charge is 2.62. The Bertz CT molecular complexity index is 2550. The third-order valence-corrected chi connectivity index (χ3v) is 13.2. The summed E-state index contributed by atoms with van der Waals surface area (Å²) in [7, 11) is 0. The lowest BCUT2D eigenvalue weighted by atomic mass is 9.42. The van der Waals surface area contributed by atoms with Gasteiger partial charge in [-0.25, -0.2) is 15.0 Å².